The van der Waals surface area contributed by atoms with Crippen LogP contribution in [0.5, 0.6) is 5.75 Å². The largest absolute Gasteiger partial charge is 0.496 e. The standard InChI is InChI=1S/C17H22N2O/c1-13(18)15-9-5-6-10-16(15)19(2)12-14-8-4-7-11-17(14)20-3/h4-11,13H,12,18H2,1-3H3/t13-/m1/s1. The average Bonchev–Trinajstić information content (AvgIpc) is 2.47. The summed E-state index contributed by atoms with van der Waals surface area (Å²) in [5, 5.41) is 0. The Morgan fingerprint density at radius 1 is 1.10 bits per heavy atom. The molecule has 0 saturated heterocycles. The molecular weight excluding hydrogens is 248 g/mol. The van der Waals surface area contributed by atoms with E-state index < -0.39 is 0 Å². The molecule has 3 nitrogen and oxygen atoms in total. The molecule has 0 amide bonds. The Balaban J connectivity index is 2.26. The molecule has 0 aliphatic rings. The van der Waals surface area contributed by atoms with Crippen LogP contribution in [0.15, 0.2) is 48.5 Å². The Hall–Kier alpha value is -2.00. The minimum Gasteiger partial charge on any atom is -0.496 e. The van der Waals surface area contributed by atoms with Crippen LogP contribution in [-0.4, -0.2) is 14.2 Å². The molecule has 0 unspecified atom stereocenters. The van der Waals surface area contributed by atoms with E-state index in [1.54, 1.807) is 7.11 Å². The van der Waals surface area contributed by atoms with Gasteiger partial charge in [-0.05, 0) is 24.6 Å². The van der Waals surface area contributed by atoms with Gasteiger partial charge in [0.1, 0.15) is 5.75 Å². The van der Waals surface area contributed by atoms with Crippen LogP contribution in [0.4, 0.5) is 5.69 Å². The molecule has 0 aliphatic heterocycles. The van der Waals surface area contributed by atoms with Gasteiger partial charge in [0.2, 0.25) is 0 Å². The van der Waals surface area contributed by atoms with Crippen molar-refractivity contribution in [2.75, 3.05) is 19.1 Å². The van der Waals surface area contributed by atoms with E-state index in [1.165, 1.54) is 0 Å². The predicted molar refractivity (Wildman–Crippen MR) is 84.1 cm³/mol. The van der Waals surface area contributed by atoms with Gasteiger partial charge in [-0.25, -0.2) is 0 Å². The van der Waals surface area contributed by atoms with Gasteiger partial charge in [0.15, 0.2) is 0 Å². The molecule has 2 rings (SSSR count). The molecule has 2 aromatic rings. The molecule has 3 heteroatoms. The number of nitrogens with two attached hydrogens (primary N) is 1. The maximum Gasteiger partial charge on any atom is 0.123 e. The summed E-state index contributed by atoms with van der Waals surface area (Å²) in [6, 6.07) is 16.4. The second kappa shape index (κ2) is 6.44. The van der Waals surface area contributed by atoms with Crippen LogP contribution in [0.2, 0.25) is 0 Å². The van der Waals surface area contributed by atoms with E-state index >= 15 is 0 Å². The zero-order chi connectivity index (χ0) is 14.5. The lowest BCUT2D eigenvalue weighted by molar-refractivity contribution is 0.409. The molecule has 2 aromatic carbocycles. The van der Waals surface area contributed by atoms with E-state index in [0.29, 0.717) is 0 Å². The molecule has 0 spiro atoms. The van der Waals surface area contributed by atoms with Gasteiger partial charge < -0.3 is 15.4 Å². The van der Waals surface area contributed by atoms with Gasteiger partial charge in [0.25, 0.3) is 0 Å². The van der Waals surface area contributed by atoms with Gasteiger partial charge in [-0.2, -0.15) is 0 Å². The summed E-state index contributed by atoms with van der Waals surface area (Å²) in [6.07, 6.45) is 0. The summed E-state index contributed by atoms with van der Waals surface area (Å²) in [7, 11) is 3.78. The minimum atomic E-state index is 0.0197. The molecule has 0 radical (unpaired) electrons. The first-order valence-electron chi connectivity index (χ1n) is 6.81. The van der Waals surface area contributed by atoms with Gasteiger partial charge in [-0.3, -0.25) is 0 Å². The van der Waals surface area contributed by atoms with Crippen LogP contribution in [-0.2, 0) is 6.54 Å². The summed E-state index contributed by atoms with van der Waals surface area (Å²) < 4.78 is 5.41. The van der Waals surface area contributed by atoms with Gasteiger partial charge in [0, 0.05) is 30.9 Å². The number of methoxy groups -OCH3 is 1. The van der Waals surface area contributed by atoms with E-state index in [0.717, 1.165) is 29.1 Å². The highest BCUT2D eigenvalue weighted by Gasteiger charge is 2.12. The molecule has 20 heavy (non-hydrogen) atoms. The Labute approximate surface area is 121 Å². The maximum absolute atomic E-state index is 6.05. The van der Waals surface area contributed by atoms with E-state index in [2.05, 4.69) is 30.1 Å². The quantitative estimate of drug-likeness (QED) is 0.905. The molecule has 0 aliphatic carbocycles. The summed E-state index contributed by atoms with van der Waals surface area (Å²) in [5.41, 5.74) is 9.53. The second-order valence-electron chi connectivity index (χ2n) is 5.02. The summed E-state index contributed by atoms with van der Waals surface area (Å²) in [6.45, 7) is 2.80. The van der Waals surface area contributed by atoms with Crippen molar-refractivity contribution in [1.82, 2.24) is 0 Å². The first kappa shape index (κ1) is 14.4. The van der Waals surface area contributed by atoms with E-state index in [-0.39, 0.29) is 6.04 Å². The molecule has 0 bridgehead atoms. The highest BCUT2D eigenvalue weighted by Crippen LogP contribution is 2.27. The number of nitrogens with zero attached hydrogens (tertiary/aromatic N) is 1. The maximum atomic E-state index is 6.05. The van der Waals surface area contributed by atoms with Crippen LogP contribution < -0.4 is 15.4 Å². The molecule has 0 heterocycles. The monoisotopic (exact) mass is 270 g/mol. The number of benzene rings is 2. The van der Waals surface area contributed by atoms with Crippen LogP contribution in [0.25, 0.3) is 0 Å². The lowest BCUT2D eigenvalue weighted by Crippen LogP contribution is -2.20. The van der Waals surface area contributed by atoms with Gasteiger partial charge in [-0.1, -0.05) is 36.4 Å². The molecule has 0 saturated carbocycles. The fraction of sp³-hybridized carbons (Fsp3) is 0.294. The third-order valence-electron chi connectivity index (χ3n) is 3.44. The lowest BCUT2D eigenvalue weighted by Gasteiger charge is -2.24. The van der Waals surface area contributed by atoms with Crippen molar-refractivity contribution >= 4 is 5.69 Å². The van der Waals surface area contributed by atoms with Gasteiger partial charge in [0.05, 0.1) is 7.11 Å². The average molecular weight is 270 g/mol. The summed E-state index contributed by atoms with van der Waals surface area (Å²) in [4.78, 5) is 2.20. The van der Waals surface area contributed by atoms with Crippen LogP contribution in [0, 0.1) is 0 Å². The summed E-state index contributed by atoms with van der Waals surface area (Å²) in [5.74, 6) is 0.914. The van der Waals surface area contributed by atoms with E-state index in [9.17, 15) is 0 Å². The van der Waals surface area contributed by atoms with Crippen molar-refractivity contribution in [2.24, 2.45) is 5.73 Å². The number of hydrogen-bond donors (Lipinski definition) is 1. The molecule has 2 N–H and O–H groups in total. The Morgan fingerprint density at radius 2 is 1.75 bits per heavy atom. The normalized spacial score (nSPS) is 12.0. The summed E-state index contributed by atoms with van der Waals surface area (Å²) >= 11 is 0. The fourth-order valence-electron chi connectivity index (χ4n) is 2.39. The Morgan fingerprint density at radius 3 is 2.45 bits per heavy atom. The number of anilines is 1. The van der Waals surface area contributed by atoms with Crippen molar-refractivity contribution in [3.63, 3.8) is 0 Å². The molecular formula is C17H22N2O. The third kappa shape index (κ3) is 3.11. The van der Waals surface area contributed by atoms with E-state index in [4.69, 9.17) is 10.5 Å². The number of rotatable bonds is 5. The van der Waals surface area contributed by atoms with Crippen LogP contribution in [0.3, 0.4) is 0 Å². The highest BCUT2D eigenvalue weighted by atomic mass is 16.5. The smallest absolute Gasteiger partial charge is 0.123 e. The topological polar surface area (TPSA) is 38.5 Å². The van der Waals surface area contributed by atoms with Crippen LogP contribution >= 0.6 is 0 Å². The van der Waals surface area contributed by atoms with Gasteiger partial charge in [-0.15, -0.1) is 0 Å². The number of hydrogen-bond acceptors (Lipinski definition) is 3. The Kier molecular flexibility index (Phi) is 4.64. The zero-order valence-corrected chi connectivity index (χ0v) is 12.3. The Bertz CT molecular complexity index is 566. The van der Waals surface area contributed by atoms with Crippen molar-refractivity contribution in [2.45, 2.75) is 19.5 Å². The van der Waals surface area contributed by atoms with Crippen molar-refractivity contribution in [3.8, 4) is 5.75 Å². The third-order valence-corrected chi connectivity index (χ3v) is 3.44. The first-order chi connectivity index (χ1) is 9.63. The molecule has 0 aromatic heterocycles. The molecule has 0 fully saturated rings. The van der Waals surface area contributed by atoms with E-state index in [1.807, 2.05) is 37.3 Å². The zero-order valence-electron chi connectivity index (χ0n) is 12.3. The first-order valence-corrected chi connectivity index (χ1v) is 6.81. The van der Waals surface area contributed by atoms with Crippen molar-refractivity contribution in [3.05, 3.63) is 59.7 Å². The van der Waals surface area contributed by atoms with Crippen LogP contribution in [0.1, 0.15) is 24.1 Å². The predicted octanol–water partition coefficient (Wildman–Crippen LogP) is 3.35. The lowest BCUT2D eigenvalue weighted by atomic mass is 10.1. The fourth-order valence-corrected chi connectivity index (χ4v) is 2.39. The molecule has 1 atom stereocenters. The SMILES string of the molecule is COc1ccccc1CN(C)c1ccccc1[C@@H](C)N. The minimum absolute atomic E-state index is 0.0197. The van der Waals surface area contributed by atoms with Crippen molar-refractivity contribution in [1.29, 1.82) is 0 Å². The molecule has 106 valence electrons. The van der Waals surface area contributed by atoms with Crippen molar-refractivity contribution < 1.29 is 4.74 Å². The highest BCUT2D eigenvalue weighted by molar-refractivity contribution is 5.55. The number of para-hydroxylation sites is 2. The van der Waals surface area contributed by atoms with Gasteiger partial charge >= 0.3 is 0 Å². The number of ether oxygens (including phenoxy) is 1. The second-order valence-corrected chi connectivity index (χ2v) is 5.02.